The number of nitriles is 1. The molecule has 0 aliphatic rings. The third-order valence-electron chi connectivity index (χ3n) is 4.23. The largest absolute Gasteiger partial charge is 0.482 e. The zero-order valence-electron chi connectivity index (χ0n) is 15.9. The van der Waals surface area contributed by atoms with Gasteiger partial charge in [-0.25, -0.2) is 4.79 Å². The second-order valence-electron chi connectivity index (χ2n) is 6.32. The van der Waals surface area contributed by atoms with Crippen LogP contribution in [0.3, 0.4) is 0 Å². The molecule has 11 heteroatoms. The van der Waals surface area contributed by atoms with Gasteiger partial charge in [0.15, 0.2) is 13.3 Å². The quantitative estimate of drug-likeness (QED) is 0.322. The van der Waals surface area contributed by atoms with E-state index in [2.05, 4.69) is 15.9 Å². The number of carbonyl (C=O) groups excluding carboxylic acids is 1. The van der Waals surface area contributed by atoms with Gasteiger partial charge in [-0.05, 0) is 57.9 Å². The van der Waals surface area contributed by atoms with Crippen molar-refractivity contribution in [1.29, 1.82) is 5.26 Å². The van der Waals surface area contributed by atoms with Gasteiger partial charge in [0.25, 0.3) is 0 Å². The predicted octanol–water partition coefficient (Wildman–Crippen LogP) is 6.69. The van der Waals surface area contributed by atoms with Gasteiger partial charge in [0.1, 0.15) is 17.5 Å². The average Bonchev–Trinajstić information content (AvgIpc) is 3.03. The Balaban J connectivity index is 1.90. The van der Waals surface area contributed by atoms with E-state index in [0.717, 1.165) is 0 Å². The molecule has 1 heterocycles. The van der Waals surface area contributed by atoms with Crippen molar-refractivity contribution in [2.24, 2.45) is 0 Å². The number of rotatable bonds is 6. The van der Waals surface area contributed by atoms with Gasteiger partial charge in [0.2, 0.25) is 0 Å². The summed E-state index contributed by atoms with van der Waals surface area (Å²) in [5, 5.41) is 10.3. The summed E-state index contributed by atoms with van der Waals surface area (Å²) in [6.45, 7) is -1.33. The molecule has 166 valence electrons. The van der Waals surface area contributed by atoms with E-state index in [-0.39, 0.29) is 16.8 Å². The molecule has 0 saturated carbocycles. The molecule has 0 unspecified atom stereocenters. The van der Waals surface area contributed by atoms with Gasteiger partial charge in [0.05, 0.1) is 15.7 Å². The Morgan fingerprint density at radius 3 is 2.16 bits per heavy atom. The Kier molecular flexibility index (Phi) is 7.39. The SMILES string of the molecule is N#Cc1c(Br)c(C(F)(F)F)n(COC(=O)COc2ccc(Cl)cc2)c1-c1ccc(Cl)cc1. The number of carbonyl (C=O) groups is 1. The summed E-state index contributed by atoms with van der Waals surface area (Å²) >= 11 is 14.5. The first-order valence-electron chi connectivity index (χ1n) is 8.81. The molecule has 0 radical (unpaired) electrons. The highest BCUT2D eigenvalue weighted by Gasteiger charge is 2.41. The maximum Gasteiger partial charge on any atom is 0.432 e. The average molecular weight is 548 g/mol. The van der Waals surface area contributed by atoms with Crippen molar-refractivity contribution < 1.29 is 27.4 Å². The first kappa shape index (κ1) is 24.0. The van der Waals surface area contributed by atoms with Crippen LogP contribution >= 0.6 is 39.1 Å². The molecule has 0 fully saturated rings. The van der Waals surface area contributed by atoms with E-state index in [0.29, 0.717) is 20.4 Å². The molecule has 0 N–H and O–H groups in total. The van der Waals surface area contributed by atoms with Gasteiger partial charge in [-0.2, -0.15) is 18.4 Å². The van der Waals surface area contributed by atoms with Crippen LogP contribution in [-0.4, -0.2) is 17.1 Å². The summed E-state index contributed by atoms with van der Waals surface area (Å²) < 4.78 is 51.9. The minimum Gasteiger partial charge on any atom is -0.482 e. The van der Waals surface area contributed by atoms with Gasteiger partial charge < -0.3 is 14.0 Å². The van der Waals surface area contributed by atoms with Crippen LogP contribution in [-0.2, 0) is 22.4 Å². The first-order chi connectivity index (χ1) is 15.1. The van der Waals surface area contributed by atoms with Crippen LogP contribution in [0.25, 0.3) is 11.3 Å². The number of alkyl halides is 3. The van der Waals surface area contributed by atoms with E-state index in [1.165, 1.54) is 36.4 Å². The van der Waals surface area contributed by atoms with E-state index < -0.39 is 35.6 Å². The first-order valence-corrected chi connectivity index (χ1v) is 10.4. The molecule has 5 nitrogen and oxygen atoms in total. The normalized spacial score (nSPS) is 11.2. The minimum atomic E-state index is -4.83. The zero-order chi connectivity index (χ0) is 23.5. The summed E-state index contributed by atoms with van der Waals surface area (Å²) in [5.74, 6) is -0.571. The molecule has 0 spiro atoms. The van der Waals surface area contributed by atoms with Crippen LogP contribution in [0, 0.1) is 11.3 Å². The lowest BCUT2D eigenvalue weighted by Crippen LogP contribution is -2.21. The van der Waals surface area contributed by atoms with E-state index in [1.54, 1.807) is 18.2 Å². The van der Waals surface area contributed by atoms with Gasteiger partial charge in [-0.15, -0.1) is 0 Å². The molecule has 0 aliphatic heterocycles. The molecule has 3 rings (SSSR count). The Morgan fingerprint density at radius 2 is 1.62 bits per heavy atom. The monoisotopic (exact) mass is 546 g/mol. The molecule has 2 aromatic carbocycles. The van der Waals surface area contributed by atoms with E-state index in [9.17, 15) is 23.2 Å². The maximum atomic E-state index is 13.8. The fourth-order valence-electron chi connectivity index (χ4n) is 2.86. The Bertz CT molecular complexity index is 1170. The van der Waals surface area contributed by atoms with Crippen LogP contribution < -0.4 is 4.74 Å². The summed E-state index contributed by atoms with van der Waals surface area (Å²) in [7, 11) is 0. The second-order valence-corrected chi connectivity index (χ2v) is 7.98. The molecular formula is C21H12BrCl2F3N2O3. The number of aromatic nitrogens is 1. The van der Waals surface area contributed by atoms with E-state index in [1.807, 2.05) is 0 Å². The maximum absolute atomic E-state index is 13.8. The zero-order valence-corrected chi connectivity index (χ0v) is 19.0. The van der Waals surface area contributed by atoms with Crippen LogP contribution in [0.1, 0.15) is 11.3 Å². The Labute approximate surface area is 199 Å². The number of ether oxygens (including phenoxy) is 2. The number of nitrogens with zero attached hydrogens (tertiary/aromatic N) is 2. The summed E-state index contributed by atoms with van der Waals surface area (Å²) in [4.78, 5) is 12.1. The molecule has 0 atom stereocenters. The van der Waals surface area contributed by atoms with Gasteiger partial charge in [-0.3, -0.25) is 0 Å². The smallest absolute Gasteiger partial charge is 0.432 e. The minimum absolute atomic E-state index is 0.0743. The highest BCUT2D eigenvalue weighted by Crippen LogP contribution is 2.43. The van der Waals surface area contributed by atoms with Crippen LogP contribution in [0.5, 0.6) is 5.75 Å². The molecule has 3 aromatic rings. The topological polar surface area (TPSA) is 64.2 Å². The molecule has 0 bridgehead atoms. The molecular weight excluding hydrogens is 536 g/mol. The van der Waals surface area contributed by atoms with Crippen molar-refractivity contribution in [3.63, 3.8) is 0 Å². The van der Waals surface area contributed by atoms with E-state index >= 15 is 0 Å². The highest BCUT2D eigenvalue weighted by molar-refractivity contribution is 9.10. The van der Waals surface area contributed by atoms with Gasteiger partial charge in [0, 0.05) is 10.0 Å². The van der Waals surface area contributed by atoms with Crippen molar-refractivity contribution in [2.45, 2.75) is 12.9 Å². The molecule has 0 amide bonds. The number of benzene rings is 2. The van der Waals surface area contributed by atoms with Crippen LogP contribution in [0.15, 0.2) is 53.0 Å². The number of esters is 1. The highest BCUT2D eigenvalue weighted by atomic mass is 79.9. The lowest BCUT2D eigenvalue weighted by atomic mass is 10.1. The standard InChI is InChI=1S/C21H12BrCl2F3N2O3/c22-18-16(9-28)19(12-1-3-13(23)4-2-12)29(20(18)21(25,26)27)11-32-17(30)10-31-15-7-5-14(24)6-8-15/h1-8H,10-11H2. The number of halogens is 6. The fourth-order valence-corrected chi connectivity index (χ4v) is 3.82. The van der Waals surface area contributed by atoms with Crippen LogP contribution in [0.4, 0.5) is 13.2 Å². The lowest BCUT2D eigenvalue weighted by molar-refractivity contribution is -0.156. The van der Waals surface area contributed by atoms with Gasteiger partial charge in [-0.1, -0.05) is 35.3 Å². The summed E-state index contributed by atoms with van der Waals surface area (Å²) in [6, 6.07) is 13.8. The second kappa shape index (κ2) is 9.86. The molecule has 1 aromatic heterocycles. The summed E-state index contributed by atoms with van der Waals surface area (Å²) in [6.07, 6.45) is -4.83. The molecule has 32 heavy (non-hydrogen) atoms. The van der Waals surface area contributed by atoms with Crippen molar-refractivity contribution in [3.05, 3.63) is 74.3 Å². The number of hydrogen-bond acceptors (Lipinski definition) is 4. The third-order valence-corrected chi connectivity index (χ3v) is 5.50. The third kappa shape index (κ3) is 5.38. The van der Waals surface area contributed by atoms with Gasteiger partial charge >= 0.3 is 12.1 Å². The Morgan fingerprint density at radius 1 is 1.06 bits per heavy atom. The van der Waals surface area contributed by atoms with Crippen LogP contribution in [0.2, 0.25) is 10.0 Å². The number of hydrogen-bond donors (Lipinski definition) is 0. The molecule has 0 saturated heterocycles. The van der Waals surface area contributed by atoms with Crippen molar-refractivity contribution in [2.75, 3.05) is 6.61 Å². The van der Waals surface area contributed by atoms with Crippen molar-refractivity contribution in [1.82, 2.24) is 4.57 Å². The summed E-state index contributed by atoms with van der Waals surface area (Å²) in [5.41, 5.74) is -1.20. The fraction of sp³-hybridized carbons (Fsp3) is 0.143. The van der Waals surface area contributed by atoms with Crippen molar-refractivity contribution >= 4 is 45.1 Å². The predicted molar refractivity (Wildman–Crippen MR) is 115 cm³/mol. The van der Waals surface area contributed by atoms with E-state index in [4.69, 9.17) is 32.7 Å². The molecule has 0 aliphatic carbocycles. The van der Waals surface area contributed by atoms with Crippen molar-refractivity contribution in [3.8, 4) is 23.1 Å². The lowest BCUT2D eigenvalue weighted by Gasteiger charge is -2.16. The Hall–Kier alpha value is -2.67.